The van der Waals surface area contributed by atoms with Gasteiger partial charge in [0.25, 0.3) is 0 Å². The lowest BCUT2D eigenvalue weighted by Crippen LogP contribution is -2.21. The van der Waals surface area contributed by atoms with Crippen LogP contribution in [-0.2, 0) is 6.54 Å². The zero-order valence-electron chi connectivity index (χ0n) is 13.5. The van der Waals surface area contributed by atoms with Gasteiger partial charge in [-0.3, -0.25) is 0 Å². The SMILES string of the molecule is COc1ccnc2[nH]cc(C3CCNCc4cc3ccc4C)c12. The van der Waals surface area contributed by atoms with Crippen molar-refractivity contribution in [2.24, 2.45) is 0 Å². The molecule has 4 heteroatoms. The molecule has 3 heterocycles. The Hall–Kier alpha value is -2.33. The zero-order valence-corrected chi connectivity index (χ0v) is 13.5. The van der Waals surface area contributed by atoms with Crippen molar-refractivity contribution in [3.05, 3.63) is 58.9 Å². The Balaban J connectivity index is 1.89. The lowest BCUT2D eigenvalue weighted by atomic mass is 9.85. The minimum Gasteiger partial charge on any atom is -0.496 e. The fourth-order valence-electron chi connectivity index (χ4n) is 3.57. The number of fused-ring (bicyclic) bond motifs is 3. The number of hydrogen-bond donors (Lipinski definition) is 2. The molecule has 1 aliphatic rings. The molecule has 1 atom stereocenters. The van der Waals surface area contributed by atoms with Gasteiger partial charge in [0.15, 0.2) is 0 Å². The van der Waals surface area contributed by atoms with Crippen molar-refractivity contribution in [3.8, 4) is 5.75 Å². The summed E-state index contributed by atoms with van der Waals surface area (Å²) in [6.45, 7) is 4.13. The Morgan fingerprint density at radius 3 is 3.04 bits per heavy atom. The summed E-state index contributed by atoms with van der Waals surface area (Å²) < 4.78 is 5.57. The van der Waals surface area contributed by atoms with Crippen LogP contribution >= 0.6 is 0 Å². The van der Waals surface area contributed by atoms with Crippen molar-refractivity contribution in [3.63, 3.8) is 0 Å². The second-order valence-corrected chi connectivity index (χ2v) is 6.18. The third-order valence-corrected chi connectivity index (χ3v) is 4.86. The minimum atomic E-state index is 0.342. The lowest BCUT2D eigenvalue weighted by Gasteiger charge is -2.23. The van der Waals surface area contributed by atoms with Crippen molar-refractivity contribution < 1.29 is 4.74 Å². The normalized spacial score (nSPS) is 17.7. The number of aryl methyl sites for hydroxylation is 1. The highest BCUT2D eigenvalue weighted by atomic mass is 16.5. The summed E-state index contributed by atoms with van der Waals surface area (Å²) in [5, 5.41) is 4.65. The first kappa shape index (κ1) is 14.3. The molecule has 0 aliphatic carbocycles. The van der Waals surface area contributed by atoms with E-state index in [9.17, 15) is 0 Å². The highest BCUT2D eigenvalue weighted by Gasteiger charge is 2.22. The van der Waals surface area contributed by atoms with Gasteiger partial charge >= 0.3 is 0 Å². The van der Waals surface area contributed by atoms with Gasteiger partial charge in [-0.05, 0) is 48.2 Å². The quantitative estimate of drug-likeness (QED) is 0.762. The van der Waals surface area contributed by atoms with E-state index < -0.39 is 0 Å². The van der Waals surface area contributed by atoms with Gasteiger partial charge in [0, 0.05) is 24.9 Å². The summed E-state index contributed by atoms with van der Waals surface area (Å²) in [5.74, 6) is 1.22. The van der Waals surface area contributed by atoms with Gasteiger partial charge in [0.1, 0.15) is 11.4 Å². The van der Waals surface area contributed by atoms with Gasteiger partial charge in [0.05, 0.1) is 12.5 Å². The predicted octanol–water partition coefficient (Wildman–Crippen LogP) is 3.51. The number of H-pyrrole nitrogens is 1. The fraction of sp³-hybridized carbons (Fsp3) is 0.316. The van der Waals surface area contributed by atoms with Crippen LogP contribution in [0.3, 0.4) is 0 Å². The maximum atomic E-state index is 5.57. The van der Waals surface area contributed by atoms with Gasteiger partial charge < -0.3 is 15.0 Å². The van der Waals surface area contributed by atoms with E-state index >= 15 is 0 Å². The molecule has 0 saturated heterocycles. The fourth-order valence-corrected chi connectivity index (χ4v) is 3.57. The van der Waals surface area contributed by atoms with Gasteiger partial charge in [-0.2, -0.15) is 0 Å². The summed E-state index contributed by atoms with van der Waals surface area (Å²) in [7, 11) is 1.72. The van der Waals surface area contributed by atoms with Crippen LogP contribution in [0.25, 0.3) is 11.0 Å². The van der Waals surface area contributed by atoms with E-state index in [1.165, 1.54) is 22.3 Å². The first-order valence-electron chi connectivity index (χ1n) is 8.08. The van der Waals surface area contributed by atoms with E-state index in [1.54, 1.807) is 13.3 Å². The van der Waals surface area contributed by atoms with Crippen LogP contribution in [0.15, 0.2) is 36.7 Å². The number of hydrogen-bond acceptors (Lipinski definition) is 3. The summed E-state index contributed by atoms with van der Waals surface area (Å²) in [4.78, 5) is 7.75. The van der Waals surface area contributed by atoms with E-state index in [1.807, 2.05) is 6.07 Å². The van der Waals surface area contributed by atoms with Crippen molar-refractivity contribution >= 4 is 11.0 Å². The van der Waals surface area contributed by atoms with Crippen molar-refractivity contribution in [1.82, 2.24) is 15.3 Å². The number of nitrogens with one attached hydrogen (secondary N) is 2. The number of methoxy groups -OCH3 is 1. The van der Waals surface area contributed by atoms with Crippen LogP contribution in [0.1, 0.15) is 34.6 Å². The van der Waals surface area contributed by atoms with Gasteiger partial charge in [0.2, 0.25) is 0 Å². The third kappa shape index (κ3) is 2.39. The van der Waals surface area contributed by atoms with Crippen LogP contribution < -0.4 is 10.1 Å². The van der Waals surface area contributed by atoms with E-state index in [0.29, 0.717) is 5.92 Å². The van der Waals surface area contributed by atoms with Crippen LogP contribution in [0.4, 0.5) is 0 Å². The second-order valence-electron chi connectivity index (χ2n) is 6.18. The molecular formula is C19H21N3O. The van der Waals surface area contributed by atoms with E-state index in [4.69, 9.17) is 4.74 Å². The molecule has 4 rings (SSSR count). The number of nitrogens with zero attached hydrogens (tertiary/aromatic N) is 1. The van der Waals surface area contributed by atoms with Gasteiger partial charge in [-0.25, -0.2) is 4.98 Å². The van der Waals surface area contributed by atoms with Crippen LogP contribution in [0.2, 0.25) is 0 Å². The summed E-state index contributed by atoms with van der Waals surface area (Å²) in [6, 6.07) is 8.76. The highest BCUT2D eigenvalue weighted by molar-refractivity contribution is 5.87. The average molecular weight is 307 g/mol. The first-order valence-corrected chi connectivity index (χ1v) is 8.08. The number of rotatable bonds is 2. The molecule has 0 spiro atoms. The Labute approximate surface area is 135 Å². The third-order valence-electron chi connectivity index (χ3n) is 4.86. The largest absolute Gasteiger partial charge is 0.496 e. The summed E-state index contributed by atoms with van der Waals surface area (Å²) in [6.07, 6.45) is 4.94. The standard InChI is InChI=1S/C19H21N3O/c1-12-3-4-13-9-14(12)10-20-7-5-15(13)16-11-22-19-18(16)17(23-2)6-8-21-19/h3-4,6,8-9,11,15,20H,5,7,10H2,1-2H3,(H,21,22). The van der Waals surface area contributed by atoms with E-state index in [0.717, 1.165) is 36.3 Å². The molecule has 2 aromatic heterocycles. The number of aromatic nitrogens is 2. The lowest BCUT2D eigenvalue weighted by molar-refractivity contribution is 0.419. The number of aromatic amines is 1. The Morgan fingerprint density at radius 1 is 1.26 bits per heavy atom. The molecule has 1 aromatic carbocycles. The second kappa shape index (κ2) is 5.70. The van der Waals surface area contributed by atoms with Gasteiger partial charge in [-0.1, -0.05) is 18.2 Å². The molecule has 0 radical (unpaired) electrons. The van der Waals surface area contributed by atoms with Crippen molar-refractivity contribution in [2.75, 3.05) is 13.7 Å². The van der Waals surface area contributed by atoms with Crippen LogP contribution in [0.5, 0.6) is 5.75 Å². The molecule has 1 unspecified atom stereocenters. The van der Waals surface area contributed by atoms with E-state index in [-0.39, 0.29) is 0 Å². The topological polar surface area (TPSA) is 49.9 Å². The van der Waals surface area contributed by atoms with Crippen molar-refractivity contribution in [1.29, 1.82) is 0 Å². The van der Waals surface area contributed by atoms with Crippen LogP contribution in [-0.4, -0.2) is 23.6 Å². The molecule has 2 N–H and O–H groups in total. The van der Waals surface area contributed by atoms with Crippen molar-refractivity contribution in [2.45, 2.75) is 25.8 Å². The number of ether oxygens (including phenoxy) is 1. The minimum absolute atomic E-state index is 0.342. The van der Waals surface area contributed by atoms with E-state index in [2.05, 4.69) is 46.6 Å². The molecule has 1 aliphatic heterocycles. The molecule has 4 nitrogen and oxygen atoms in total. The monoisotopic (exact) mass is 307 g/mol. The highest BCUT2D eigenvalue weighted by Crippen LogP contribution is 2.37. The molecular weight excluding hydrogens is 286 g/mol. The molecule has 3 aromatic rings. The summed E-state index contributed by atoms with van der Waals surface area (Å²) >= 11 is 0. The Morgan fingerprint density at radius 2 is 2.17 bits per heavy atom. The molecule has 23 heavy (non-hydrogen) atoms. The molecule has 2 bridgehead atoms. The molecule has 118 valence electrons. The smallest absolute Gasteiger partial charge is 0.141 e. The van der Waals surface area contributed by atoms with Crippen LogP contribution in [0, 0.1) is 6.92 Å². The first-order chi connectivity index (χ1) is 11.3. The number of pyridine rings is 1. The Kier molecular flexibility index (Phi) is 3.54. The summed E-state index contributed by atoms with van der Waals surface area (Å²) in [5.41, 5.74) is 6.27. The Bertz CT molecular complexity index is 853. The maximum absolute atomic E-state index is 5.57. The average Bonchev–Trinajstić information content (AvgIpc) is 2.98. The van der Waals surface area contributed by atoms with Gasteiger partial charge in [-0.15, -0.1) is 0 Å². The maximum Gasteiger partial charge on any atom is 0.141 e. The molecule has 0 amide bonds. The molecule has 0 fully saturated rings. The zero-order chi connectivity index (χ0) is 15.8. The number of benzene rings is 1. The molecule has 0 saturated carbocycles. The predicted molar refractivity (Wildman–Crippen MR) is 92.0 cm³/mol.